The van der Waals surface area contributed by atoms with Crippen LogP contribution in [0, 0.1) is 11.8 Å². The summed E-state index contributed by atoms with van der Waals surface area (Å²) in [6.45, 7) is 2.90. The standard InChI is InChI=1S/C17H22N2O5/c20-15(18-11-12-2-1-7-22-12)13-10-14(13)16(21)19-5-3-17(4-6-19)23-8-9-24-17/h1-2,7,13-14H,3-6,8-11H2,(H,18,20). The Labute approximate surface area is 140 Å². The second-order valence-corrected chi connectivity index (χ2v) is 6.68. The van der Waals surface area contributed by atoms with Gasteiger partial charge in [0.25, 0.3) is 0 Å². The molecule has 2 atom stereocenters. The monoisotopic (exact) mass is 334 g/mol. The molecule has 2 unspecified atom stereocenters. The van der Waals surface area contributed by atoms with E-state index in [0.717, 1.165) is 0 Å². The highest BCUT2D eigenvalue weighted by atomic mass is 16.7. The van der Waals surface area contributed by atoms with Crippen molar-refractivity contribution < 1.29 is 23.5 Å². The van der Waals surface area contributed by atoms with Crippen LogP contribution in [0.4, 0.5) is 0 Å². The van der Waals surface area contributed by atoms with Crippen LogP contribution in [0.2, 0.25) is 0 Å². The number of carbonyl (C=O) groups is 2. The molecule has 0 bridgehead atoms. The Balaban J connectivity index is 1.24. The number of carbonyl (C=O) groups excluding carboxylic acids is 2. The summed E-state index contributed by atoms with van der Waals surface area (Å²) >= 11 is 0. The van der Waals surface area contributed by atoms with Gasteiger partial charge in [-0.25, -0.2) is 0 Å². The van der Waals surface area contributed by atoms with Gasteiger partial charge in [-0.3, -0.25) is 9.59 Å². The molecule has 1 aromatic heterocycles. The lowest BCUT2D eigenvalue weighted by Gasteiger charge is -2.37. The van der Waals surface area contributed by atoms with Crippen LogP contribution >= 0.6 is 0 Å². The van der Waals surface area contributed by atoms with Gasteiger partial charge in [0.2, 0.25) is 11.8 Å². The van der Waals surface area contributed by atoms with Gasteiger partial charge in [0, 0.05) is 25.9 Å². The fraction of sp³-hybridized carbons (Fsp3) is 0.647. The summed E-state index contributed by atoms with van der Waals surface area (Å²) in [6, 6.07) is 3.60. The van der Waals surface area contributed by atoms with E-state index in [1.807, 2.05) is 11.0 Å². The number of amides is 2. The van der Waals surface area contributed by atoms with Gasteiger partial charge >= 0.3 is 0 Å². The number of nitrogens with one attached hydrogen (secondary N) is 1. The lowest BCUT2D eigenvalue weighted by molar-refractivity contribution is -0.187. The van der Waals surface area contributed by atoms with E-state index in [1.165, 1.54) is 0 Å². The molecule has 130 valence electrons. The van der Waals surface area contributed by atoms with Crippen LogP contribution in [0.3, 0.4) is 0 Å². The molecule has 24 heavy (non-hydrogen) atoms. The molecule has 1 aromatic rings. The van der Waals surface area contributed by atoms with Crippen molar-refractivity contribution in [1.29, 1.82) is 0 Å². The van der Waals surface area contributed by atoms with E-state index in [0.29, 0.717) is 57.9 Å². The Kier molecular flexibility index (Phi) is 4.05. The number of likely N-dealkylation sites (tertiary alicyclic amines) is 1. The van der Waals surface area contributed by atoms with Gasteiger partial charge in [-0.1, -0.05) is 0 Å². The van der Waals surface area contributed by atoms with Gasteiger partial charge < -0.3 is 24.1 Å². The van der Waals surface area contributed by atoms with Crippen LogP contribution in [0.1, 0.15) is 25.0 Å². The minimum Gasteiger partial charge on any atom is -0.467 e. The maximum absolute atomic E-state index is 12.6. The molecule has 7 nitrogen and oxygen atoms in total. The third-order valence-corrected chi connectivity index (χ3v) is 5.11. The van der Waals surface area contributed by atoms with Crippen molar-refractivity contribution in [2.75, 3.05) is 26.3 Å². The van der Waals surface area contributed by atoms with Crippen molar-refractivity contribution in [1.82, 2.24) is 10.2 Å². The van der Waals surface area contributed by atoms with Gasteiger partial charge in [0.05, 0.1) is 37.9 Å². The number of ether oxygens (including phenoxy) is 2. The van der Waals surface area contributed by atoms with Crippen molar-refractivity contribution in [2.24, 2.45) is 11.8 Å². The Morgan fingerprint density at radius 1 is 1.21 bits per heavy atom. The molecule has 3 aliphatic rings. The predicted molar refractivity (Wildman–Crippen MR) is 82.6 cm³/mol. The van der Waals surface area contributed by atoms with Crippen LogP contribution in [-0.2, 0) is 25.6 Å². The molecule has 1 saturated carbocycles. The van der Waals surface area contributed by atoms with E-state index in [9.17, 15) is 9.59 Å². The zero-order chi connectivity index (χ0) is 16.6. The molecule has 1 aliphatic carbocycles. The smallest absolute Gasteiger partial charge is 0.226 e. The maximum atomic E-state index is 12.6. The number of hydrogen-bond acceptors (Lipinski definition) is 5. The summed E-state index contributed by atoms with van der Waals surface area (Å²) in [5, 5.41) is 2.83. The highest BCUT2D eigenvalue weighted by Gasteiger charge is 2.51. The summed E-state index contributed by atoms with van der Waals surface area (Å²) in [4.78, 5) is 26.5. The molecule has 0 radical (unpaired) electrons. The Morgan fingerprint density at radius 2 is 1.96 bits per heavy atom. The first-order valence-corrected chi connectivity index (χ1v) is 8.54. The molecule has 0 aromatic carbocycles. The predicted octanol–water partition coefficient (Wildman–Crippen LogP) is 0.897. The highest BCUT2D eigenvalue weighted by molar-refractivity contribution is 5.92. The van der Waals surface area contributed by atoms with E-state index in [-0.39, 0.29) is 23.7 Å². The molecular formula is C17H22N2O5. The van der Waals surface area contributed by atoms with Gasteiger partial charge in [0.1, 0.15) is 5.76 Å². The van der Waals surface area contributed by atoms with Crippen molar-refractivity contribution in [2.45, 2.75) is 31.6 Å². The third kappa shape index (κ3) is 3.06. The summed E-state index contributed by atoms with van der Waals surface area (Å²) in [7, 11) is 0. The van der Waals surface area contributed by atoms with Crippen LogP contribution in [0.5, 0.6) is 0 Å². The molecule has 7 heteroatoms. The minimum atomic E-state index is -0.472. The first kappa shape index (κ1) is 15.7. The summed E-state index contributed by atoms with van der Waals surface area (Å²) in [6.07, 6.45) is 3.63. The molecule has 2 amide bonds. The zero-order valence-corrected chi connectivity index (χ0v) is 13.5. The largest absolute Gasteiger partial charge is 0.467 e. The summed E-state index contributed by atoms with van der Waals surface area (Å²) < 4.78 is 16.5. The Bertz CT molecular complexity index is 599. The van der Waals surface area contributed by atoms with Crippen molar-refractivity contribution in [3.63, 3.8) is 0 Å². The van der Waals surface area contributed by atoms with E-state index >= 15 is 0 Å². The zero-order valence-electron chi connectivity index (χ0n) is 13.5. The van der Waals surface area contributed by atoms with Crippen molar-refractivity contribution >= 4 is 11.8 Å². The van der Waals surface area contributed by atoms with Gasteiger partial charge in [-0.05, 0) is 18.6 Å². The fourth-order valence-electron chi connectivity index (χ4n) is 3.56. The molecule has 2 aliphatic heterocycles. The minimum absolute atomic E-state index is 0.0688. The first-order chi connectivity index (χ1) is 11.7. The second-order valence-electron chi connectivity index (χ2n) is 6.68. The summed E-state index contributed by atoms with van der Waals surface area (Å²) in [5.74, 6) is -0.130. The van der Waals surface area contributed by atoms with E-state index < -0.39 is 5.79 Å². The van der Waals surface area contributed by atoms with Gasteiger partial charge in [-0.2, -0.15) is 0 Å². The molecule has 4 rings (SSSR count). The number of hydrogen-bond donors (Lipinski definition) is 1. The van der Waals surface area contributed by atoms with Gasteiger partial charge in [-0.15, -0.1) is 0 Å². The maximum Gasteiger partial charge on any atom is 0.226 e. The molecule has 3 heterocycles. The average molecular weight is 334 g/mol. The van der Waals surface area contributed by atoms with E-state index in [4.69, 9.17) is 13.9 Å². The quantitative estimate of drug-likeness (QED) is 0.885. The molecular weight excluding hydrogens is 312 g/mol. The van der Waals surface area contributed by atoms with E-state index in [2.05, 4.69) is 5.32 Å². The van der Waals surface area contributed by atoms with Gasteiger partial charge in [0.15, 0.2) is 5.79 Å². The lowest BCUT2D eigenvalue weighted by Crippen LogP contribution is -2.48. The Hall–Kier alpha value is -1.86. The fourth-order valence-corrected chi connectivity index (χ4v) is 3.56. The highest BCUT2D eigenvalue weighted by Crippen LogP contribution is 2.41. The Morgan fingerprint density at radius 3 is 2.62 bits per heavy atom. The van der Waals surface area contributed by atoms with Crippen LogP contribution in [-0.4, -0.2) is 48.8 Å². The lowest BCUT2D eigenvalue weighted by atomic mass is 10.0. The molecule has 1 N–H and O–H groups in total. The molecule has 2 saturated heterocycles. The third-order valence-electron chi connectivity index (χ3n) is 5.11. The van der Waals surface area contributed by atoms with Crippen LogP contribution < -0.4 is 5.32 Å². The van der Waals surface area contributed by atoms with Crippen molar-refractivity contribution in [3.05, 3.63) is 24.2 Å². The van der Waals surface area contributed by atoms with Crippen LogP contribution in [0.25, 0.3) is 0 Å². The topological polar surface area (TPSA) is 81.0 Å². The molecule has 1 spiro atoms. The number of furan rings is 1. The van der Waals surface area contributed by atoms with Crippen molar-refractivity contribution in [3.8, 4) is 0 Å². The molecule has 3 fully saturated rings. The normalized spacial score (nSPS) is 28.1. The van der Waals surface area contributed by atoms with E-state index in [1.54, 1.807) is 12.3 Å². The second kappa shape index (κ2) is 6.22. The SMILES string of the molecule is O=C(NCc1ccco1)C1CC1C(=O)N1CCC2(CC1)OCCO2. The van der Waals surface area contributed by atoms with Crippen LogP contribution in [0.15, 0.2) is 22.8 Å². The summed E-state index contributed by atoms with van der Waals surface area (Å²) in [5.41, 5.74) is 0. The first-order valence-electron chi connectivity index (χ1n) is 8.54. The number of piperidine rings is 1. The number of nitrogens with zero attached hydrogens (tertiary/aromatic N) is 1. The number of rotatable bonds is 4. The average Bonchev–Trinajstić information content (AvgIpc) is 3.00.